The standard InChI is InChI=1S/C20H23FN2O5.ClH/c1-26-17-4-3-13(20(25)23-10-16(24)19(11-23)27-2)7-18(17)28-15-6-12(9-22)5-14(21)8-15;/h3-8,16,19,24H,9-11,22H2,1-2H3;1H/t16-,19-;/m0./s1. The minimum absolute atomic E-state index is 0. The van der Waals surface area contributed by atoms with E-state index in [0.717, 1.165) is 0 Å². The van der Waals surface area contributed by atoms with Gasteiger partial charge in [-0.15, -0.1) is 12.4 Å². The maximum Gasteiger partial charge on any atom is 0.254 e. The number of halogens is 2. The van der Waals surface area contributed by atoms with E-state index in [-0.39, 0.29) is 42.9 Å². The summed E-state index contributed by atoms with van der Waals surface area (Å²) < 4.78 is 30.0. The van der Waals surface area contributed by atoms with Gasteiger partial charge in [-0.1, -0.05) is 0 Å². The molecule has 0 saturated carbocycles. The van der Waals surface area contributed by atoms with Gasteiger partial charge in [0.1, 0.15) is 17.7 Å². The first-order valence-corrected chi connectivity index (χ1v) is 8.80. The number of amides is 1. The zero-order chi connectivity index (χ0) is 20.3. The molecular formula is C20H24ClFN2O5. The van der Waals surface area contributed by atoms with Crippen LogP contribution in [0.2, 0.25) is 0 Å². The van der Waals surface area contributed by atoms with Gasteiger partial charge in [-0.05, 0) is 35.9 Å². The minimum atomic E-state index is -0.732. The fourth-order valence-electron chi connectivity index (χ4n) is 3.15. The number of aliphatic hydroxyl groups is 1. The molecule has 29 heavy (non-hydrogen) atoms. The molecule has 2 aromatic carbocycles. The van der Waals surface area contributed by atoms with Gasteiger partial charge in [0.05, 0.1) is 13.2 Å². The van der Waals surface area contributed by atoms with Gasteiger partial charge in [0.15, 0.2) is 11.5 Å². The Kier molecular flexibility index (Phi) is 7.80. The predicted molar refractivity (Wildman–Crippen MR) is 107 cm³/mol. The van der Waals surface area contributed by atoms with Gasteiger partial charge in [0, 0.05) is 38.4 Å². The van der Waals surface area contributed by atoms with Gasteiger partial charge in [0.25, 0.3) is 5.91 Å². The molecule has 1 aliphatic heterocycles. The predicted octanol–water partition coefficient (Wildman–Crippen LogP) is 2.34. The summed E-state index contributed by atoms with van der Waals surface area (Å²) in [5, 5.41) is 9.95. The first-order valence-electron chi connectivity index (χ1n) is 8.80. The number of benzene rings is 2. The number of carbonyl (C=O) groups is 1. The molecule has 0 aromatic heterocycles. The number of likely N-dealkylation sites (tertiary alicyclic amines) is 1. The van der Waals surface area contributed by atoms with E-state index in [0.29, 0.717) is 23.4 Å². The third-order valence-corrected chi connectivity index (χ3v) is 4.63. The van der Waals surface area contributed by atoms with Crippen LogP contribution >= 0.6 is 12.4 Å². The van der Waals surface area contributed by atoms with Crippen LogP contribution in [-0.2, 0) is 11.3 Å². The lowest BCUT2D eigenvalue weighted by Gasteiger charge is -2.17. The summed E-state index contributed by atoms with van der Waals surface area (Å²) in [7, 11) is 2.97. The van der Waals surface area contributed by atoms with Crippen LogP contribution in [0.15, 0.2) is 36.4 Å². The topological polar surface area (TPSA) is 94.2 Å². The summed E-state index contributed by atoms with van der Waals surface area (Å²) in [6.07, 6.45) is -1.15. The Morgan fingerprint density at radius 2 is 1.97 bits per heavy atom. The van der Waals surface area contributed by atoms with E-state index in [2.05, 4.69) is 0 Å². The highest BCUT2D eigenvalue weighted by Crippen LogP contribution is 2.33. The molecule has 7 nitrogen and oxygen atoms in total. The number of carbonyl (C=O) groups excluding carboxylic acids is 1. The summed E-state index contributed by atoms with van der Waals surface area (Å²) >= 11 is 0. The van der Waals surface area contributed by atoms with Crippen LogP contribution in [0.1, 0.15) is 15.9 Å². The monoisotopic (exact) mass is 426 g/mol. The van der Waals surface area contributed by atoms with Crippen molar-refractivity contribution < 1.29 is 28.5 Å². The maximum absolute atomic E-state index is 13.8. The molecule has 1 saturated heterocycles. The second kappa shape index (κ2) is 9.89. The molecule has 1 fully saturated rings. The summed E-state index contributed by atoms with van der Waals surface area (Å²) in [5.74, 6) is 0.171. The van der Waals surface area contributed by atoms with E-state index in [9.17, 15) is 14.3 Å². The molecule has 1 amide bonds. The Labute approximate surface area is 174 Å². The smallest absolute Gasteiger partial charge is 0.254 e. The van der Waals surface area contributed by atoms with Gasteiger partial charge in [-0.3, -0.25) is 4.79 Å². The first-order chi connectivity index (χ1) is 13.4. The average molecular weight is 427 g/mol. The van der Waals surface area contributed by atoms with Crippen molar-refractivity contribution in [2.75, 3.05) is 27.3 Å². The normalized spacial score (nSPS) is 18.3. The first kappa shape index (κ1) is 22.9. The van der Waals surface area contributed by atoms with E-state index in [1.807, 2.05) is 0 Å². The van der Waals surface area contributed by atoms with Gasteiger partial charge < -0.3 is 30.0 Å². The van der Waals surface area contributed by atoms with Gasteiger partial charge in [-0.2, -0.15) is 0 Å². The molecule has 3 rings (SSSR count). The second-order valence-electron chi connectivity index (χ2n) is 6.52. The molecule has 158 valence electrons. The van der Waals surface area contributed by atoms with Crippen LogP contribution in [-0.4, -0.2) is 55.4 Å². The zero-order valence-electron chi connectivity index (χ0n) is 16.1. The van der Waals surface area contributed by atoms with Gasteiger partial charge in [-0.25, -0.2) is 4.39 Å². The Bertz CT molecular complexity index is 867. The molecule has 0 radical (unpaired) electrons. The quantitative estimate of drug-likeness (QED) is 0.736. The van der Waals surface area contributed by atoms with Gasteiger partial charge >= 0.3 is 0 Å². The van der Waals surface area contributed by atoms with Crippen molar-refractivity contribution in [3.05, 3.63) is 53.3 Å². The molecule has 0 unspecified atom stereocenters. The van der Waals surface area contributed by atoms with E-state index in [1.54, 1.807) is 18.2 Å². The molecular weight excluding hydrogens is 403 g/mol. The van der Waals surface area contributed by atoms with Gasteiger partial charge in [0.2, 0.25) is 0 Å². The highest BCUT2D eigenvalue weighted by atomic mass is 35.5. The highest BCUT2D eigenvalue weighted by Gasteiger charge is 2.34. The number of hydrogen-bond donors (Lipinski definition) is 2. The Morgan fingerprint density at radius 1 is 1.21 bits per heavy atom. The number of methoxy groups -OCH3 is 2. The van der Waals surface area contributed by atoms with Crippen molar-refractivity contribution in [2.45, 2.75) is 18.8 Å². The molecule has 0 spiro atoms. The molecule has 0 bridgehead atoms. The zero-order valence-corrected chi connectivity index (χ0v) is 16.9. The second-order valence-corrected chi connectivity index (χ2v) is 6.52. The number of nitrogens with two attached hydrogens (primary N) is 1. The fourth-order valence-corrected chi connectivity index (χ4v) is 3.15. The average Bonchev–Trinajstić information content (AvgIpc) is 3.07. The lowest BCUT2D eigenvalue weighted by atomic mass is 10.1. The third kappa shape index (κ3) is 5.16. The summed E-state index contributed by atoms with van der Waals surface area (Å²) in [4.78, 5) is 14.3. The Balaban J connectivity index is 0.00000300. The van der Waals surface area contributed by atoms with E-state index in [4.69, 9.17) is 19.9 Å². The molecule has 1 heterocycles. The van der Waals surface area contributed by atoms with Crippen molar-refractivity contribution in [3.8, 4) is 17.2 Å². The van der Waals surface area contributed by atoms with E-state index in [1.165, 1.54) is 37.3 Å². The Morgan fingerprint density at radius 3 is 2.59 bits per heavy atom. The number of hydrogen-bond acceptors (Lipinski definition) is 6. The van der Waals surface area contributed by atoms with Crippen molar-refractivity contribution >= 4 is 18.3 Å². The molecule has 3 N–H and O–H groups in total. The number of nitrogens with zero attached hydrogens (tertiary/aromatic N) is 1. The molecule has 0 aliphatic carbocycles. The van der Waals surface area contributed by atoms with Crippen LogP contribution in [0, 0.1) is 5.82 Å². The fraction of sp³-hybridized carbons (Fsp3) is 0.350. The number of ether oxygens (including phenoxy) is 3. The third-order valence-electron chi connectivity index (χ3n) is 4.63. The maximum atomic E-state index is 13.8. The molecule has 1 aliphatic rings. The Hall–Kier alpha value is -2.39. The number of rotatable bonds is 6. The van der Waals surface area contributed by atoms with E-state index >= 15 is 0 Å². The van der Waals surface area contributed by atoms with Crippen molar-refractivity contribution in [1.29, 1.82) is 0 Å². The summed E-state index contributed by atoms with van der Waals surface area (Å²) in [5.41, 5.74) is 6.51. The van der Waals surface area contributed by atoms with Crippen molar-refractivity contribution in [1.82, 2.24) is 4.90 Å². The summed E-state index contributed by atoms with van der Waals surface area (Å²) in [6.45, 7) is 0.646. The largest absolute Gasteiger partial charge is 0.493 e. The number of β-amino-alcohol motifs (C(OH)–C–C–N with tert-alkyl or cyclic N) is 1. The van der Waals surface area contributed by atoms with Crippen LogP contribution < -0.4 is 15.2 Å². The highest BCUT2D eigenvalue weighted by molar-refractivity contribution is 5.95. The lowest BCUT2D eigenvalue weighted by molar-refractivity contribution is 0.0215. The SMILES string of the molecule is COc1ccc(C(=O)N2C[C@H](OC)[C@@H](O)C2)cc1Oc1cc(F)cc(CN)c1.Cl. The molecule has 2 atom stereocenters. The summed E-state index contributed by atoms with van der Waals surface area (Å²) in [6, 6.07) is 8.92. The van der Waals surface area contributed by atoms with E-state index < -0.39 is 18.0 Å². The lowest BCUT2D eigenvalue weighted by Crippen LogP contribution is -2.30. The molecule has 9 heteroatoms. The van der Waals surface area contributed by atoms with Crippen LogP contribution in [0.5, 0.6) is 17.2 Å². The van der Waals surface area contributed by atoms with Crippen LogP contribution in [0.4, 0.5) is 4.39 Å². The van der Waals surface area contributed by atoms with Crippen LogP contribution in [0.3, 0.4) is 0 Å². The number of aliphatic hydroxyl groups excluding tert-OH is 1. The minimum Gasteiger partial charge on any atom is -0.493 e. The molecule has 2 aromatic rings. The van der Waals surface area contributed by atoms with Crippen LogP contribution in [0.25, 0.3) is 0 Å². The van der Waals surface area contributed by atoms with Crippen molar-refractivity contribution in [2.24, 2.45) is 5.73 Å². The van der Waals surface area contributed by atoms with Crippen molar-refractivity contribution in [3.63, 3.8) is 0 Å².